The average molecular weight is 303 g/mol. The lowest BCUT2D eigenvalue weighted by molar-refractivity contribution is 0.475. The molecule has 0 bridgehead atoms. The summed E-state index contributed by atoms with van der Waals surface area (Å²) in [6, 6.07) is 7.61. The van der Waals surface area contributed by atoms with Crippen molar-refractivity contribution in [3.8, 4) is 5.75 Å². The summed E-state index contributed by atoms with van der Waals surface area (Å²) in [4.78, 5) is 0. The molecule has 0 unspecified atom stereocenters. The Labute approximate surface area is 137 Å². The van der Waals surface area contributed by atoms with Crippen molar-refractivity contribution in [2.45, 2.75) is 84.0 Å². The van der Waals surface area contributed by atoms with Crippen LogP contribution in [0.2, 0.25) is 0 Å². The molecule has 0 heterocycles. The van der Waals surface area contributed by atoms with Crippen molar-refractivity contribution in [1.82, 2.24) is 0 Å². The lowest BCUT2D eigenvalue weighted by Gasteiger charge is -2.02. The Morgan fingerprint density at radius 2 is 1.27 bits per heavy atom. The predicted molar refractivity (Wildman–Crippen MR) is 97.4 cm³/mol. The second-order valence-corrected chi connectivity index (χ2v) is 6.29. The third kappa shape index (κ3) is 10.5. The minimum Gasteiger partial charge on any atom is -0.508 e. The number of aryl methyl sites for hydroxylation is 1. The van der Waals surface area contributed by atoms with E-state index in [2.05, 4.69) is 19.1 Å². The van der Waals surface area contributed by atoms with Gasteiger partial charge in [-0.05, 0) is 56.2 Å². The van der Waals surface area contributed by atoms with Gasteiger partial charge in [0.25, 0.3) is 0 Å². The minimum atomic E-state index is 0.362. The molecule has 0 aliphatic heterocycles. The SMILES string of the molecule is CCCCCCC/C=C\CCCCCCc1ccc(O)cc1. The van der Waals surface area contributed by atoms with Crippen molar-refractivity contribution in [1.29, 1.82) is 0 Å². The van der Waals surface area contributed by atoms with Crippen LogP contribution in [0.1, 0.15) is 83.1 Å². The van der Waals surface area contributed by atoms with Crippen LogP contribution >= 0.6 is 0 Å². The third-order valence-electron chi connectivity index (χ3n) is 4.16. The van der Waals surface area contributed by atoms with Gasteiger partial charge in [-0.1, -0.05) is 69.7 Å². The van der Waals surface area contributed by atoms with E-state index in [9.17, 15) is 5.11 Å². The molecule has 1 N–H and O–H groups in total. The molecule has 0 spiro atoms. The molecule has 0 saturated heterocycles. The Balaban J connectivity index is 1.86. The van der Waals surface area contributed by atoms with Gasteiger partial charge in [-0.3, -0.25) is 0 Å². The van der Waals surface area contributed by atoms with Crippen LogP contribution in [0.4, 0.5) is 0 Å². The van der Waals surface area contributed by atoms with E-state index in [0.717, 1.165) is 6.42 Å². The quantitative estimate of drug-likeness (QED) is 0.314. The van der Waals surface area contributed by atoms with Gasteiger partial charge < -0.3 is 5.11 Å². The summed E-state index contributed by atoms with van der Waals surface area (Å²) in [5, 5.41) is 9.23. The van der Waals surface area contributed by atoms with E-state index in [1.165, 1.54) is 76.2 Å². The average Bonchev–Trinajstić information content (AvgIpc) is 2.53. The van der Waals surface area contributed by atoms with Crippen molar-refractivity contribution in [3.63, 3.8) is 0 Å². The zero-order valence-electron chi connectivity index (χ0n) is 14.4. The normalized spacial score (nSPS) is 11.3. The third-order valence-corrected chi connectivity index (χ3v) is 4.16. The van der Waals surface area contributed by atoms with Gasteiger partial charge in [0.2, 0.25) is 0 Å². The fourth-order valence-corrected chi connectivity index (χ4v) is 2.71. The molecule has 1 heteroatoms. The Hall–Kier alpha value is -1.24. The van der Waals surface area contributed by atoms with Crippen LogP contribution < -0.4 is 0 Å². The Morgan fingerprint density at radius 1 is 0.727 bits per heavy atom. The van der Waals surface area contributed by atoms with Gasteiger partial charge in [0, 0.05) is 0 Å². The highest BCUT2D eigenvalue weighted by atomic mass is 16.3. The number of benzene rings is 1. The number of aromatic hydroxyl groups is 1. The molecule has 1 rings (SSSR count). The predicted octanol–water partition coefficient (Wildman–Crippen LogP) is 6.80. The van der Waals surface area contributed by atoms with Crippen molar-refractivity contribution in [3.05, 3.63) is 42.0 Å². The van der Waals surface area contributed by atoms with E-state index in [1.807, 2.05) is 12.1 Å². The summed E-state index contributed by atoms with van der Waals surface area (Å²) in [6.45, 7) is 2.27. The first-order chi connectivity index (χ1) is 10.8. The molecular formula is C21H34O. The van der Waals surface area contributed by atoms with Crippen LogP contribution in [0, 0.1) is 0 Å². The van der Waals surface area contributed by atoms with Gasteiger partial charge in [-0.25, -0.2) is 0 Å². The molecule has 0 fully saturated rings. The molecule has 0 amide bonds. The van der Waals surface area contributed by atoms with Crippen LogP contribution in [0.15, 0.2) is 36.4 Å². The fraction of sp³-hybridized carbons (Fsp3) is 0.619. The standard InChI is InChI=1S/C21H34O/c1-2-3-4-5-6-7-8-9-10-11-12-13-14-15-20-16-18-21(22)19-17-20/h8-9,16-19,22H,2-7,10-15H2,1H3/b9-8-. The molecular weight excluding hydrogens is 268 g/mol. The van der Waals surface area contributed by atoms with Crippen LogP contribution in [-0.4, -0.2) is 5.11 Å². The Morgan fingerprint density at radius 3 is 1.86 bits per heavy atom. The van der Waals surface area contributed by atoms with E-state index in [1.54, 1.807) is 12.1 Å². The van der Waals surface area contributed by atoms with Gasteiger partial charge in [0.15, 0.2) is 0 Å². The molecule has 22 heavy (non-hydrogen) atoms. The summed E-state index contributed by atoms with van der Waals surface area (Å²) >= 11 is 0. The molecule has 0 aliphatic rings. The molecule has 124 valence electrons. The van der Waals surface area contributed by atoms with Crippen LogP contribution in [0.3, 0.4) is 0 Å². The summed E-state index contributed by atoms with van der Waals surface area (Å²) in [7, 11) is 0. The first-order valence-corrected chi connectivity index (χ1v) is 9.26. The molecule has 0 atom stereocenters. The van der Waals surface area contributed by atoms with Gasteiger partial charge >= 0.3 is 0 Å². The molecule has 0 saturated carbocycles. The van der Waals surface area contributed by atoms with E-state index in [-0.39, 0.29) is 0 Å². The molecule has 1 nitrogen and oxygen atoms in total. The Kier molecular flexibility index (Phi) is 11.5. The molecule has 1 aromatic carbocycles. The maximum Gasteiger partial charge on any atom is 0.115 e. The summed E-state index contributed by atoms with van der Waals surface area (Å²) in [5.74, 6) is 0.362. The first kappa shape index (κ1) is 18.8. The largest absolute Gasteiger partial charge is 0.508 e. The number of hydrogen-bond acceptors (Lipinski definition) is 1. The van der Waals surface area contributed by atoms with Crippen LogP contribution in [-0.2, 0) is 6.42 Å². The highest BCUT2D eigenvalue weighted by Gasteiger charge is 1.94. The number of phenolic OH excluding ortho intramolecular Hbond substituents is 1. The van der Waals surface area contributed by atoms with Gasteiger partial charge in [0.1, 0.15) is 5.75 Å². The van der Waals surface area contributed by atoms with E-state index >= 15 is 0 Å². The summed E-state index contributed by atoms with van der Waals surface area (Å²) < 4.78 is 0. The van der Waals surface area contributed by atoms with Crippen LogP contribution in [0.25, 0.3) is 0 Å². The summed E-state index contributed by atoms with van der Waals surface area (Å²) in [6.07, 6.45) is 20.5. The maximum atomic E-state index is 9.23. The number of phenols is 1. The van der Waals surface area contributed by atoms with E-state index in [0.29, 0.717) is 5.75 Å². The molecule has 0 aromatic heterocycles. The van der Waals surface area contributed by atoms with E-state index < -0.39 is 0 Å². The van der Waals surface area contributed by atoms with Crippen molar-refractivity contribution < 1.29 is 5.11 Å². The molecule has 0 radical (unpaired) electrons. The monoisotopic (exact) mass is 302 g/mol. The smallest absolute Gasteiger partial charge is 0.115 e. The van der Waals surface area contributed by atoms with Crippen molar-refractivity contribution in [2.75, 3.05) is 0 Å². The van der Waals surface area contributed by atoms with Crippen molar-refractivity contribution in [2.24, 2.45) is 0 Å². The van der Waals surface area contributed by atoms with Crippen molar-refractivity contribution >= 4 is 0 Å². The zero-order valence-corrected chi connectivity index (χ0v) is 14.4. The van der Waals surface area contributed by atoms with E-state index in [4.69, 9.17) is 0 Å². The van der Waals surface area contributed by atoms with Crippen LogP contribution in [0.5, 0.6) is 5.75 Å². The minimum absolute atomic E-state index is 0.362. The first-order valence-electron chi connectivity index (χ1n) is 9.26. The highest BCUT2D eigenvalue weighted by Crippen LogP contribution is 2.13. The Bertz CT molecular complexity index is 377. The van der Waals surface area contributed by atoms with Gasteiger partial charge in [-0.15, -0.1) is 0 Å². The number of rotatable bonds is 13. The number of unbranched alkanes of at least 4 members (excludes halogenated alkanes) is 9. The maximum absolute atomic E-state index is 9.23. The number of hydrogen-bond donors (Lipinski definition) is 1. The van der Waals surface area contributed by atoms with Gasteiger partial charge in [0.05, 0.1) is 0 Å². The molecule has 1 aromatic rings. The van der Waals surface area contributed by atoms with Gasteiger partial charge in [-0.2, -0.15) is 0 Å². The summed E-state index contributed by atoms with van der Waals surface area (Å²) in [5.41, 5.74) is 1.33. The highest BCUT2D eigenvalue weighted by molar-refractivity contribution is 5.25. The molecule has 0 aliphatic carbocycles. The lowest BCUT2D eigenvalue weighted by atomic mass is 10.1. The number of allylic oxidation sites excluding steroid dienone is 2. The topological polar surface area (TPSA) is 20.2 Å². The zero-order chi connectivity index (χ0) is 15.9. The second kappa shape index (κ2) is 13.4. The lowest BCUT2D eigenvalue weighted by Crippen LogP contribution is -1.85. The second-order valence-electron chi connectivity index (χ2n) is 6.29. The fourth-order valence-electron chi connectivity index (χ4n) is 2.71.